The third-order valence-electron chi connectivity index (χ3n) is 5.82. The Labute approximate surface area is 178 Å². The molecule has 3 aromatic rings. The smallest absolute Gasteiger partial charge is 0.361 e. The van der Waals surface area contributed by atoms with Crippen LogP contribution < -0.4 is 16.4 Å². The fourth-order valence-corrected chi connectivity index (χ4v) is 3.77. The van der Waals surface area contributed by atoms with Crippen LogP contribution in [0.4, 0.5) is 27.8 Å². The number of pyridine rings is 1. The molecule has 0 bridgehead atoms. The third kappa shape index (κ3) is 3.55. The van der Waals surface area contributed by atoms with Crippen molar-refractivity contribution in [2.45, 2.75) is 37.5 Å². The maximum absolute atomic E-state index is 14.6. The van der Waals surface area contributed by atoms with Gasteiger partial charge in [-0.15, -0.1) is 0 Å². The number of aromatic nitrogens is 3. The molecule has 1 aromatic carbocycles. The van der Waals surface area contributed by atoms with Crippen LogP contribution in [-0.2, 0) is 18.8 Å². The summed E-state index contributed by atoms with van der Waals surface area (Å²) < 4.78 is 69.6. The zero-order valence-corrected chi connectivity index (χ0v) is 17.1. The molecule has 0 aliphatic heterocycles. The van der Waals surface area contributed by atoms with Crippen molar-refractivity contribution in [1.29, 1.82) is 0 Å². The second-order valence-electron chi connectivity index (χ2n) is 8.02. The van der Waals surface area contributed by atoms with Crippen molar-refractivity contribution < 1.29 is 22.0 Å². The average molecular weight is 454 g/mol. The van der Waals surface area contributed by atoms with Crippen molar-refractivity contribution in [3.63, 3.8) is 0 Å². The first-order valence-electron chi connectivity index (χ1n) is 9.81. The number of hydrogen-bond acceptors (Lipinski definition) is 4. The maximum atomic E-state index is 14.6. The molecule has 0 amide bonds. The molecule has 1 N–H and O–H groups in total. The lowest BCUT2D eigenvalue weighted by molar-refractivity contribution is -0.140. The summed E-state index contributed by atoms with van der Waals surface area (Å²) in [5, 5.41) is 7.14. The highest BCUT2D eigenvalue weighted by molar-refractivity contribution is 5.90. The Kier molecular flexibility index (Phi) is 5.09. The number of benzene rings is 1. The number of hydrogen-bond donors (Lipinski definition) is 1. The van der Waals surface area contributed by atoms with Gasteiger partial charge < -0.3 is 9.88 Å². The molecule has 2 heterocycles. The predicted molar refractivity (Wildman–Crippen MR) is 108 cm³/mol. The molecule has 32 heavy (non-hydrogen) atoms. The highest BCUT2D eigenvalue weighted by Gasteiger charge is 2.45. The second kappa shape index (κ2) is 7.42. The summed E-state index contributed by atoms with van der Waals surface area (Å²) in [5.74, 6) is -1.37. The summed E-state index contributed by atoms with van der Waals surface area (Å²) in [7, 11) is 1.35. The van der Waals surface area contributed by atoms with E-state index >= 15 is 0 Å². The Morgan fingerprint density at radius 2 is 1.91 bits per heavy atom. The predicted octanol–water partition coefficient (Wildman–Crippen LogP) is 3.88. The van der Waals surface area contributed by atoms with Gasteiger partial charge in [-0.05, 0) is 25.8 Å². The lowest BCUT2D eigenvalue weighted by atomic mass is 10.0. The van der Waals surface area contributed by atoms with Gasteiger partial charge in [-0.3, -0.25) is 9.59 Å². The Balaban J connectivity index is 1.83. The van der Waals surface area contributed by atoms with Crippen molar-refractivity contribution in [2.24, 2.45) is 7.05 Å². The Hall–Kier alpha value is -3.24. The van der Waals surface area contributed by atoms with Crippen molar-refractivity contribution >= 4 is 16.6 Å². The molecule has 2 aromatic heterocycles. The van der Waals surface area contributed by atoms with Gasteiger partial charge in [0.05, 0.1) is 22.5 Å². The number of rotatable bonds is 5. The minimum Gasteiger partial charge on any atom is -0.361 e. The van der Waals surface area contributed by atoms with E-state index in [0.717, 1.165) is 16.8 Å². The molecular formula is C21H19F5N4O2. The molecule has 1 aliphatic carbocycles. The van der Waals surface area contributed by atoms with Crippen LogP contribution in [0, 0.1) is 5.82 Å². The van der Waals surface area contributed by atoms with Crippen LogP contribution in [-0.4, -0.2) is 21.0 Å². The molecule has 0 saturated heterocycles. The first-order valence-corrected chi connectivity index (χ1v) is 9.81. The number of halogens is 5. The van der Waals surface area contributed by atoms with Gasteiger partial charge in [0.1, 0.15) is 12.5 Å². The van der Waals surface area contributed by atoms with Gasteiger partial charge in [0, 0.05) is 30.3 Å². The quantitative estimate of drug-likeness (QED) is 0.594. The first-order chi connectivity index (χ1) is 15.0. The van der Waals surface area contributed by atoms with Crippen LogP contribution in [0.25, 0.3) is 10.8 Å². The lowest BCUT2D eigenvalue weighted by Gasteiger charge is -2.21. The molecular weight excluding hydrogens is 435 g/mol. The summed E-state index contributed by atoms with van der Waals surface area (Å²) in [6, 6.07) is 3.08. The van der Waals surface area contributed by atoms with E-state index < -0.39 is 46.9 Å². The van der Waals surface area contributed by atoms with E-state index in [1.54, 1.807) is 0 Å². The fourth-order valence-electron chi connectivity index (χ4n) is 3.77. The van der Waals surface area contributed by atoms with Crippen molar-refractivity contribution in [1.82, 2.24) is 14.3 Å². The molecule has 1 aliphatic rings. The fraction of sp³-hybridized carbons (Fsp3) is 0.381. The van der Waals surface area contributed by atoms with Gasteiger partial charge in [-0.2, -0.15) is 18.3 Å². The molecule has 0 spiro atoms. The van der Waals surface area contributed by atoms with Gasteiger partial charge >= 0.3 is 6.18 Å². The zero-order chi connectivity index (χ0) is 23.4. The SMILES string of the molecule is C[C@@H](Nc1nn(C)c(=O)c2cc(=O)n(C3(CF)CC3)cc12)c1cccc(C(F)(F)F)c1F. The minimum absolute atomic E-state index is 0.0117. The van der Waals surface area contributed by atoms with Crippen LogP contribution in [0.15, 0.2) is 40.1 Å². The number of nitrogens with one attached hydrogen (secondary N) is 1. The zero-order valence-electron chi connectivity index (χ0n) is 17.1. The van der Waals surface area contributed by atoms with E-state index in [2.05, 4.69) is 10.4 Å². The molecule has 1 atom stereocenters. The van der Waals surface area contributed by atoms with Gasteiger partial charge in [-0.1, -0.05) is 12.1 Å². The Morgan fingerprint density at radius 1 is 1.22 bits per heavy atom. The highest BCUT2D eigenvalue weighted by atomic mass is 19.4. The van der Waals surface area contributed by atoms with Gasteiger partial charge in [-0.25, -0.2) is 13.5 Å². The van der Waals surface area contributed by atoms with Crippen molar-refractivity contribution in [2.75, 3.05) is 12.0 Å². The van der Waals surface area contributed by atoms with Crippen LogP contribution in [0.3, 0.4) is 0 Å². The maximum Gasteiger partial charge on any atom is 0.419 e. The van der Waals surface area contributed by atoms with Crippen molar-refractivity contribution in [3.05, 3.63) is 68.1 Å². The van der Waals surface area contributed by atoms with Gasteiger partial charge in [0.25, 0.3) is 11.1 Å². The highest BCUT2D eigenvalue weighted by Crippen LogP contribution is 2.43. The number of nitrogens with zero attached hydrogens (tertiary/aromatic N) is 3. The summed E-state index contributed by atoms with van der Waals surface area (Å²) in [6.45, 7) is 0.683. The number of aryl methyl sites for hydroxylation is 1. The lowest BCUT2D eigenvalue weighted by Crippen LogP contribution is -2.33. The van der Waals surface area contributed by atoms with Crippen molar-refractivity contribution in [3.8, 4) is 0 Å². The van der Waals surface area contributed by atoms with Crippen LogP contribution in [0.2, 0.25) is 0 Å². The molecule has 1 saturated carbocycles. The molecule has 0 radical (unpaired) electrons. The normalized spacial score (nSPS) is 16.2. The molecule has 170 valence electrons. The van der Waals surface area contributed by atoms with Crippen LogP contribution >= 0.6 is 0 Å². The molecule has 0 unspecified atom stereocenters. The summed E-state index contributed by atoms with van der Waals surface area (Å²) in [6.07, 6.45) is -2.61. The van der Waals surface area contributed by atoms with E-state index in [9.17, 15) is 31.5 Å². The van der Waals surface area contributed by atoms with E-state index in [0.29, 0.717) is 18.9 Å². The van der Waals surface area contributed by atoms with E-state index in [1.807, 2.05) is 0 Å². The van der Waals surface area contributed by atoms with E-state index in [1.165, 1.54) is 30.8 Å². The average Bonchev–Trinajstić information content (AvgIpc) is 3.52. The number of anilines is 1. The molecule has 4 rings (SSSR count). The Morgan fingerprint density at radius 3 is 2.50 bits per heavy atom. The standard InChI is InChI=1S/C21H19F5N4O2/c1-11(12-4-3-5-15(17(12)23)21(24,25)26)27-18-14-9-30(20(10-22)6-7-20)16(31)8-13(14)19(32)29(2)28-18/h3-5,8-9,11H,6-7,10H2,1-2H3,(H,27,28)/t11-/m1/s1. The number of fused-ring (bicyclic) bond motifs is 1. The van der Waals surface area contributed by atoms with Gasteiger partial charge in [0.15, 0.2) is 5.82 Å². The van der Waals surface area contributed by atoms with Crippen LogP contribution in [0.1, 0.15) is 36.9 Å². The molecule has 6 nitrogen and oxygen atoms in total. The summed E-state index contributed by atoms with van der Waals surface area (Å²) in [4.78, 5) is 25.0. The third-order valence-corrected chi connectivity index (χ3v) is 5.82. The molecule has 11 heteroatoms. The van der Waals surface area contributed by atoms with Crippen LogP contribution in [0.5, 0.6) is 0 Å². The summed E-state index contributed by atoms with van der Waals surface area (Å²) >= 11 is 0. The minimum atomic E-state index is -4.86. The van der Waals surface area contributed by atoms with Gasteiger partial charge in [0.2, 0.25) is 0 Å². The first kappa shape index (κ1) is 22.0. The monoisotopic (exact) mass is 454 g/mol. The topological polar surface area (TPSA) is 68.9 Å². The van der Waals surface area contributed by atoms with E-state index in [-0.39, 0.29) is 22.2 Å². The largest absolute Gasteiger partial charge is 0.419 e. The Bertz CT molecular complexity index is 1320. The summed E-state index contributed by atoms with van der Waals surface area (Å²) in [5.41, 5.74) is -3.73. The van der Waals surface area contributed by atoms with E-state index in [4.69, 9.17) is 0 Å². The second-order valence-corrected chi connectivity index (χ2v) is 8.02. The molecule has 1 fully saturated rings. The number of alkyl halides is 4.